The molecule has 0 fully saturated rings. The summed E-state index contributed by atoms with van der Waals surface area (Å²) >= 11 is 1.36. The van der Waals surface area contributed by atoms with Gasteiger partial charge in [0.25, 0.3) is 0 Å². The molecular formula is C13H11N5O2S. The number of carbonyl (C=O) groups excluding carboxylic acids is 1. The van der Waals surface area contributed by atoms with Crippen molar-refractivity contribution in [1.82, 2.24) is 20.0 Å². The van der Waals surface area contributed by atoms with E-state index in [1.165, 1.54) is 23.1 Å². The van der Waals surface area contributed by atoms with Gasteiger partial charge in [-0.1, -0.05) is 35.5 Å². The van der Waals surface area contributed by atoms with E-state index in [0.717, 1.165) is 11.3 Å². The van der Waals surface area contributed by atoms with Gasteiger partial charge in [-0.25, -0.2) is 9.78 Å². The summed E-state index contributed by atoms with van der Waals surface area (Å²) in [6.45, 7) is 0. The molecule has 0 amide bonds. The summed E-state index contributed by atoms with van der Waals surface area (Å²) in [6.07, 6.45) is 0. The maximum atomic E-state index is 11.5. The maximum absolute atomic E-state index is 11.5. The number of benzene rings is 1. The van der Waals surface area contributed by atoms with Crippen LogP contribution in [0.4, 0.5) is 5.82 Å². The maximum Gasteiger partial charge on any atom is 0.362 e. The number of anilines is 1. The van der Waals surface area contributed by atoms with Crippen LogP contribution in [0.15, 0.2) is 35.7 Å². The Kier molecular flexibility index (Phi) is 3.36. The summed E-state index contributed by atoms with van der Waals surface area (Å²) in [4.78, 5) is 15.9. The van der Waals surface area contributed by atoms with Crippen molar-refractivity contribution in [1.29, 1.82) is 0 Å². The van der Waals surface area contributed by atoms with E-state index >= 15 is 0 Å². The first-order valence-corrected chi connectivity index (χ1v) is 6.89. The fourth-order valence-electron chi connectivity index (χ4n) is 1.78. The van der Waals surface area contributed by atoms with E-state index in [1.807, 2.05) is 35.7 Å². The Bertz CT molecular complexity index is 781. The highest BCUT2D eigenvalue weighted by Crippen LogP contribution is 2.25. The van der Waals surface area contributed by atoms with Gasteiger partial charge in [-0.15, -0.1) is 16.4 Å². The molecule has 0 spiro atoms. The number of nitrogen functional groups attached to an aromatic ring is 1. The van der Waals surface area contributed by atoms with E-state index in [-0.39, 0.29) is 11.5 Å². The first-order valence-electron chi connectivity index (χ1n) is 6.01. The minimum Gasteiger partial charge on any atom is -0.464 e. The molecule has 2 heterocycles. The number of nitrogens with two attached hydrogens (primary N) is 1. The summed E-state index contributed by atoms with van der Waals surface area (Å²) in [5.74, 6) is -0.519. The lowest BCUT2D eigenvalue weighted by atomic mass is 10.2. The van der Waals surface area contributed by atoms with Gasteiger partial charge in [0, 0.05) is 10.9 Å². The second-order valence-electron chi connectivity index (χ2n) is 4.11. The third-order valence-electron chi connectivity index (χ3n) is 2.83. The van der Waals surface area contributed by atoms with E-state index in [4.69, 9.17) is 5.73 Å². The average Bonchev–Trinajstić information content (AvgIpc) is 3.14. The molecule has 21 heavy (non-hydrogen) atoms. The molecule has 0 radical (unpaired) electrons. The monoisotopic (exact) mass is 301 g/mol. The Labute approximate surface area is 124 Å². The first-order chi connectivity index (χ1) is 10.2. The molecule has 2 N–H and O–H groups in total. The highest BCUT2D eigenvalue weighted by atomic mass is 32.1. The molecular weight excluding hydrogens is 290 g/mol. The van der Waals surface area contributed by atoms with Crippen LogP contribution in [-0.4, -0.2) is 33.1 Å². The fourth-order valence-corrected chi connectivity index (χ4v) is 2.57. The molecule has 0 unspecified atom stereocenters. The largest absolute Gasteiger partial charge is 0.464 e. The van der Waals surface area contributed by atoms with Crippen LogP contribution in [0, 0.1) is 0 Å². The Morgan fingerprint density at radius 3 is 2.81 bits per heavy atom. The normalized spacial score (nSPS) is 10.5. The molecule has 0 atom stereocenters. The van der Waals surface area contributed by atoms with Gasteiger partial charge in [-0.2, -0.15) is 4.68 Å². The minimum absolute atomic E-state index is 0.0195. The number of aromatic nitrogens is 4. The van der Waals surface area contributed by atoms with Gasteiger partial charge < -0.3 is 10.5 Å². The minimum atomic E-state index is -0.626. The van der Waals surface area contributed by atoms with Crippen molar-refractivity contribution in [2.75, 3.05) is 12.8 Å². The van der Waals surface area contributed by atoms with E-state index in [2.05, 4.69) is 20.0 Å². The van der Waals surface area contributed by atoms with Crippen LogP contribution in [-0.2, 0) is 4.74 Å². The van der Waals surface area contributed by atoms with Crippen LogP contribution < -0.4 is 5.73 Å². The topological polar surface area (TPSA) is 95.9 Å². The number of thiazole rings is 1. The SMILES string of the molecule is COC(=O)c1nnn(-c2nc(-c3ccccc3)cs2)c1N. The number of ether oxygens (including phenoxy) is 1. The van der Waals surface area contributed by atoms with Gasteiger partial charge in [0.15, 0.2) is 5.82 Å². The first kappa shape index (κ1) is 13.3. The predicted octanol–water partition coefficient (Wildman–Crippen LogP) is 1.76. The molecule has 8 heteroatoms. The Balaban J connectivity index is 1.98. The molecule has 3 rings (SSSR count). The van der Waals surface area contributed by atoms with Crippen LogP contribution in [0.1, 0.15) is 10.5 Å². The van der Waals surface area contributed by atoms with Crippen molar-refractivity contribution < 1.29 is 9.53 Å². The van der Waals surface area contributed by atoms with Crippen molar-refractivity contribution >= 4 is 23.1 Å². The third kappa shape index (κ3) is 2.36. The summed E-state index contributed by atoms with van der Waals surface area (Å²) in [5.41, 5.74) is 7.65. The average molecular weight is 301 g/mol. The van der Waals surface area contributed by atoms with E-state index < -0.39 is 5.97 Å². The summed E-state index contributed by atoms with van der Waals surface area (Å²) in [7, 11) is 1.26. The lowest BCUT2D eigenvalue weighted by Gasteiger charge is -1.98. The molecule has 2 aromatic heterocycles. The van der Waals surface area contributed by atoms with Crippen molar-refractivity contribution in [3.8, 4) is 16.4 Å². The Morgan fingerprint density at radius 1 is 1.33 bits per heavy atom. The third-order valence-corrected chi connectivity index (χ3v) is 3.64. The molecule has 0 aliphatic rings. The fraction of sp³-hybridized carbons (Fsp3) is 0.0769. The van der Waals surface area contributed by atoms with Crippen LogP contribution in [0.25, 0.3) is 16.4 Å². The lowest BCUT2D eigenvalue weighted by Crippen LogP contribution is -2.07. The van der Waals surface area contributed by atoms with Gasteiger partial charge in [-0.05, 0) is 0 Å². The van der Waals surface area contributed by atoms with E-state index in [0.29, 0.717) is 5.13 Å². The van der Waals surface area contributed by atoms with Crippen LogP contribution in [0.2, 0.25) is 0 Å². The summed E-state index contributed by atoms with van der Waals surface area (Å²) < 4.78 is 5.91. The standard InChI is InChI=1S/C13H11N5O2S/c1-20-12(19)10-11(14)18(17-16-10)13-15-9(7-21-13)8-5-3-2-4-6-8/h2-7H,14H2,1H3. The zero-order valence-electron chi connectivity index (χ0n) is 11.1. The number of nitrogens with zero attached hydrogens (tertiary/aromatic N) is 4. The molecule has 0 aliphatic heterocycles. The smallest absolute Gasteiger partial charge is 0.362 e. The summed E-state index contributed by atoms with van der Waals surface area (Å²) in [6, 6.07) is 9.74. The number of rotatable bonds is 3. The molecule has 0 bridgehead atoms. The molecule has 3 aromatic rings. The highest BCUT2D eigenvalue weighted by molar-refractivity contribution is 7.12. The lowest BCUT2D eigenvalue weighted by molar-refractivity contribution is 0.0595. The number of hydrogen-bond acceptors (Lipinski definition) is 7. The van der Waals surface area contributed by atoms with Crippen molar-refractivity contribution in [3.05, 3.63) is 41.4 Å². The van der Waals surface area contributed by atoms with Gasteiger partial charge in [0.2, 0.25) is 10.8 Å². The van der Waals surface area contributed by atoms with Gasteiger partial charge in [0.05, 0.1) is 12.8 Å². The van der Waals surface area contributed by atoms with E-state index in [9.17, 15) is 4.79 Å². The number of esters is 1. The highest BCUT2D eigenvalue weighted by Gasteiger charge is 2.20. The number of carbonyl (C=O) groups is 1. The molecule has 7 nitrogen and oxygen atoms in total. The zero-order chi connectivity index (χ0) is 14.8. The summed E-state index contributed by atoms with van der Waals surface area (Å²) in [5, 5.41) is 10.0. The van der Waals surface area contributed by atoms with Crippen LogP contribution >= 0.6 is 11.3 Å². The van der Waals surface area contributed by atoms with Gasteiger partial charge in [0.1, 0.15) is 0 Å². The van der Waals surface area contributed by atoms with Crippen LogP contribution in [0.5, 0.6) is 0 Å². The molecule has 1 aromatic carbocycles. The number of methoxy groups -OCH3 is 1. The van der Waals surface area contributed by atoms with Crippen molar-refractivity contribution in [2.45, 2.75) is 0 Å². The quantitative estimate of drug-likeness (QED) is 0.740. The second-order valence-corrected chi connectivity index (χ2v) is 4.94. The Hall–Kier alpha value is -2.74. The van der Waals surface area contributed by atoms with Gasteiger partial charge in [-0.3, -0.25) is 0 Å². The molecule has 0 saturated heterocycles. The Morgan fingerprint density at radius 2 is 2.10 bits per heavy atom. The molecule has 0 aliphatic carbocycles. The van der Waals surface area contributed by atoms with Crippen LogP contribution in [0.3, 0.4) is 0 Å². The van der Waals surface area contributed by atoms with Crippen molar-refractivity contribution in [3.63, 3.8) is 0 Å². The van der Waals surface area contributed by atoms with E-state index in [1.54, 1.807) is 0 Å². The molecule has 0 saturated carbocycles. The zero-order valence-corrected chi connectivity index (χ0v) is 11.9. The van der Waals surface area contributed by atoms with Crippen molar-refractivity contribution in [2.24, 2.45) is 0 Å². The second kappa shape index (κ2) is 5.33. The molecule has 106 valence electrons. The number of hydrogen-bond donors (Lipinski definition) is 1. The van der Waals surface area contributed by atoms with Gasteiger partial charge >= 0.3 is 5.97 Å². The predicted molar refractivity (Wildman–Crippen MR) is 78.2 cm³/mol.